The van der Waals surface area contributed by atoms with Gasteiger partial charge in [-0.1, -0.05) is 19.3 Å². The highest BCUT2D eigenvalue weighted by Crippen LogP contribution is 2.21. The molecule has 1 saturated carbocycles. The SMILES string of the molecule is CCOC(=O)c1ccc(NC(=O)c2ccnc(NC3CCCCC3)c2)cc1. The first-order chi connectivity index (χ1) is 13.2. The van der Waals surface area contributed by atoms with Crippen LogP contribution in [0.1, 0.15) is 59.7 Å². The van der Waals surface area contributed by atoms with E-state index >= 15 is 0 Å². The highest BCUT2D eigenvalue weighted by atomic mass is 16.5. The summed E-state index contributed by atoms with van der Waals surface area (Å²) < 4.78 is 4.95. The molecule has 1 aromatic heterocycles. The van der Waals surface area contributed by atoms with E-state index < -0.39 is 0 Å². The third kappa shape index (κ3) is 5.29. The summed E-state index contributed by atoms with van der Waals surface area (Å²) in [6.45, 7) is 2.09. The lowest BCUT2D eigenvalue weighted by Gasteiger charge is -2.23. The molecule has 2 N–H and O–H groups in total. The highest BCUT2D eigenvalue weighted by Gasteiger charge is 2.15. The summed E-state index contributed by atoms with van der Waals surface area (Å²) in [4.78, 5) is 28.5. The van der Waals surface area contributed by atoms with Gasteiger partial charge in [-0.25, -0.2) is 9.78 Å². The Balaban J connectivity index is 1.62. The fourth-order valence-corrected chi connectivity index (χ4v) is 3.21. The summed E-state index contributed by atoms with van der Waals surface area (Å²) in [5.74, 6) is 0.142. The van der Waals surface area contributed by atoms with Crippen molar-refractivity contribution in [3.8, 4) is 0 Å². The Hall–Kier alpha value is -2.89. The number of ether oxygens (including phenoxy) is 1. The second-order valence-corrected chi connectivity index (χ2v) is 6.66. The van der Waals surface area contributed by atoms with Gasteiger partial charge in [0.25, 0.3) is 5.91 Å². The minimum Gasteiger partial charge on any atom is -0.462 e. The van der Waals surface area contributed by atoms with Gasteiger partial charge in [0.1, 0.15) is 5.82 Å². The van der Waals surface area contributed by atoms with E-state index in [0.717, 1.165) is 18.7 Å². The smallest absolute Gasteiger partial charge is 0.338 e. The number of hydrogen-bond acceptors (Lipinski definition) is 5. The Kier molecular flexibility index (Phi) is 6.41. The molecule has 1 aliphatic carbocycles. The van der Waals surface area contributed by atoms with Crippen molar-refractivity contribution in [3.63, 3.8) is 0 Å². The number of nitrogens with zero attached hydrogens (tertiary/aromatic N) is 1. The number of rotatable bonds is 6. The van der Waals surface area contributed by atoms with Gasteiger partial charge >= 0.3 is 5.97 Å². The van der Waals surface area contributed by atoms with Crippen molar-refractivity contribution < 1.29 is 14.3 Å². The summed E-state index contributed by atoms with van der Waals surface area (Å²) in [6.07, 6.45) is 7.70. The van der Waals surface area contributed by atoms with Crippen molar-refractivity contribution in [2.24, 2.45) is 0 Å². The van der Waals surface area contributed by atoms with Gasteiger partial charge in [0.05, 0.1) is 12.2 Å². The zero-order valence-electron chi connectivity index (χ0n) is 15.5. The lowest BCUT2D eigenvalue weighted by atomic mass is 9.95. The number of aromatic nitrogens is 1. The van der Waals surface area contributed by atoms with E-state index in [9.17, 15) is 9.59 Å². The lowest BCUT2D eigenvalue weighted by molar-refractivity contribution is 0.0526. The van der Waals surface area contributed by atoms with Crippen molar-refractivity contribution in [3.05, 3.63) is 53.7 Å². The number of amides is 1. The number of esters is 1. The summed E-state index contributed by atoms with van der Waals surface area (Å²) in [6, 6.07) is 10.5. The lowest BCUT2D eigenvalue weighted by Crippen LogP contribution is -2.23. The predicted molar refractivity (Wildman–Crippen MR) is 105 cm³/mol. The van der Waals surface area contributed by atoms with E-state index in [-0.39, 0.29) is 11.9 Å². The minimum absolute atomic E-state index is 0.215. The quantitative estimate of drug-likeness (QED) is 0.746. The first-order valence-corrected chi connectivity index (χ1v) is 9.47. The Labute approximate surface area is 159 Å². The highest BCUT2D eigenvalue weighted by molar-refractivity contribution is 6.04. The molecule has 2 aromatic rings. The van der Waals surface area contributed by atoms with E-state index in [2.05, 4.69) is 15.6 Å². The van der Waals surface area contributed by atoms with E-state index in [1.165, 1.54) is 19.3 Å². The van der Waals surface area contributed by atoms with Crippen LogP contribution in [0.25, 0.3) is 0 Å². The van der Waals surface area contributed by atoms with Crippen LogP contribution in [0.15, 0.2) is 42.6 Å². The van der Waals surface area contributed by atoms with Gasteiger partial charge in [-0.2, -0.15) is 0 Å². The van der Waals surface area contributed by atoms with Crippen LogP contribution in [0.3, 0.4) is 0 Å². The van der Waals surface area contributed by atoms with Crippen molar-refractivity contribution in [1.29, 1.82) is 0 Å². The molecular weight excluding hydrogens is 342 g/mol. The number of nitrogens with one attached hydrogen (secondary N) is 2. The molecule has 3 rings (SSSR count). The summed E-state index contributed by atoms with van der Waals surface area (Å²) in [5.41, 5.74) is 1.61. The monoisotopic (exact) mass is 367 g/mol. The molecule has 0 unspecified atom stereocenters. The molecular formula is C21H25N3O3. The molecule has 1 fully saturated rings. The van der Waals surface area contributed by atoms with Crippen molar-refractivity contribution in [2.45, 2.75) is 45.1 Å². The van der Waals surface area contributed by atoms with Gasteiger partial charge in [-0.3, -0.25) is 4.79 Å². The van der Waals surface area contributed by atoms with Crippen LogP contribution in [0.4, 0.5) is 11.5 Å². The third-order valence-electron chi connectivity index (χ3n) is 4.63. The molecule has 1 aromatic carbocycles. The first-order valence-electron chi connectivity index (χ1n) is 9.47. The Morgan fingerprint density at radius 2 is 1.81 bits per heavy atom. The molecule has 27 heavy (non-hydrogen) atoms. The largest absolute Gasteiger partial charge is 0.462 e. The normalized spacial score (nSPS) is 14.4. The molecule has 0 atom stereocenters. The van der Waals surface area contributed by atoms with Crippen LogP contribution in [-0.2, 0) is 4.74 Å². The molecule has 1 amide bonds. The topological polar surface area (TPSA) is 80.3 Å². The maximum Gasteiger partial charge on any atom is 0.338 e. The zero-order valence-corrected chi connectivity index (χ0v) is 15.5. The van der Waals surface area contributed by atoms with Crippen LogP contribution < -0.4 is 10.6 Å². The van der Waals surface area contributed by atoms with Crippen LogP contribution in [0, 0.1) is 0 Å². The molecule has 1 aliphatic rings. The standard InChI is InChI=1S/C21H25N3O3/c1-2-27-21(26)15-8-10-18(11-9-15)24-20(25)16-12-13-22-19(14-16)23-17-6-4-3-5-7-17/h8-14,17H,2-7H2,1H3,(H,22,23)(H,24,25). The zero-order chi connectivity index (χ0) is 19.1. The van der Waals surface area contributed by atoms with Crippen LogP contribution in [0.2, 0.25) is 0 Å². The fraction of sp³-hybridized carbons (Fsp3) is 0.381. The van der Waals surface area contributed by atoms with E-state index in [1.807, 2.05) is 0 Å². The summed E-state index contributed by atoms with van der Waals surface area (Å²) in [5, 5.41) is 6.27. The molecule has 0 spiro atoms. The molecule has 6 nitrogen and oxygen atoms in total. The average Bonchev–Trinajstić information content (AvgIpc) is 2.70. The molecule has 1 heterocycles. The van der Waals surface area contributed by atoms with E-state index in [4.69, 9.17) is 4.74 Å². The van der Waals surface area contributed by atoms with E-state index in [0.29, 0.717) is 29.5 Å². The van der Waals surface area contributed by atoms with Crippen molar-refractivity contribution in [1.82, 2.24) is 4.98 Å². The van der Waals surface area contributed by atoms with Crippen molar-refractivity contribution in [2.75, 3.05) is 17.2 Å². The van der Waals surface area contributed by atoms with Gasteiger partial charge in [-0.05, 0) is 56.2 Å². The van der Waals surface area contributed by atoms with Gasteiger partial charge in [0, 0.05) is 23.5 Å². The number of pyridine rings is 1. The van der Waals surface area contributed by atoms with Gasteiger partial charge in [0.2, 0.25) is 0 Å². The second kappa shape index (κ2) is 9.16. The fourth-order valence-electron chi connectivity index (χ4n) is 3.21. The number of carbonyl (C=O) groups excluding carboxylic acids is 2. The van der Waals surface area contributed by atoms with Crippen LogP contribution >= 0.6 is 0 Å². The maximum absolute atomic E-state index is 12.5. The summed E-state index contributed by atoms with van der Waals surface area (Å²) in [7, 11) is 0. The maximum atomic E-state index is 12.5. The van der Waals surface area contributed by atoms with Gasteiger partial charge < -0.3 is 15.4 Å². The number of hydrogen-bond donors (Lipinski definition) is 2. The molecule has 6 heteroatoms. The average molecular weight is 367 g/mol. The predicted octanol–water partition coefficient (Wildman–Crippen LogP) is 4.26. The number of anilines is 2. The number of carbonyl (C=O) groups is 2. The number of benzene rings is 1. The summed E-state index contributed by atoms with van der Waals surface area (Å²) >= 11 is 0. The minimum atomic E-state index is -0.372. The Morgan fingerprint density at radius 3 is 2.52 bits per heavy atom. The van der Waals surface area contributed by atoms with Crippen molar-refractivity contribution >= 4 is 23.4 Å². The molecule has 0 radical (unpaired) electrons. The molecule has 0 aliphatic heterocycles. The first kappa shape index (κ1) is 18.9. The van der Waals surface area contributed by atoms with Crippen LogP contribution in [-0.4, -0.2) is 29.5 Å². The Morgan fingerprint density at radius 1 is 1.07 bits per heavy atom. The van der Waals surface area contributed by atoms with E-state index in [1.54, 1.807) is 49.5 Å². The molecule has 0 bridgehead atoms. The molecule has 142 valence electrons. The van der Waals surface area contributed by atoms with Gasteiger partial charge in [0.15, 0.2) is 0 Å². The Bertz CT molecular complexity index is 784. The van der Waals surface area contributed by atoms with Crippen LogP contribution in [0.5, 0.6) is 0 Å². The third-order valence-corrected chi connectivity index (χ3v) is 4.63. The second-order valence-electron chi connectivity index (χ2n) is 6.66. The van der Waals surface area contributed by atoms with Gasteiger partial charge in [-0.15, -0.1) is 0 Å². The molecule has 0 saturated heterocycles.